The highest BCUT2D eigenvalue weighted by Gasteiger charge is 1.58. The first-order chi connectivity index (χ1) is 5.00. The van der Waals surface area contributed by atoms with E-state index in [1.165, 1.54) is 6.82 Å². The van der Waals surface area contributed by atoms with Gasteiger partial charge in [-0.3, -0.25) is 4.98 Å². The summed E-state index contributed by atoms with van der Waals surface area (Å²) in [5.41, 5.74) is 0. The molecule has 0 spiro atoms. The van der Waals surface area contributed by atoms with Crippen molar-refractivity contribution in [1.82, 2.24) is 4.98 Å². The van der Waals surface area contributed by atoms with Crippen molar-refractivity contribution in [2.24, 2.45) is 0 Å². The molecular weight excluding hydrogens is 121 g/mol. The van der Waals surface area contributed by atoms with Crippen molar-refractivity contribution in [3.63, 3.8) is 0 Å². The van der Waals surface area contributed by atoms with Crippen LogP contribution in [0.25, 0.3) is 0 Å². The van der Waals surface area contributed by atoms with Gasteiger partial charge in [0.15, 0.2) is 0 Å². The third-order valence-corrected chi connectivity index (χ3v) is 0.566. The van der Waals surface area contributed by atoms with Crippen LogP contribution in [0.4, 0.5) is 0 Å². The van der Waals surface area contributed by atoms with E-state index in [1.54, 1.807) is 12.4 Å². The molecule has 1 nitrogen and oxygen atoms in total. The van der Waals surface area contributed by atoms with Crippen LogP contribution in [0.5, 0.6) is 0 Å². The second kappa shape index (κ2) is 15.7. The Labute approximate surface area is 64.9 Å². The lowest BCUT2D eigenvalue weighted by Gasteiger charge is -1.70. The van der Waals surface area contributed by atoms with Gasteiger partial charge >= 0.3 is 0 Å². The minimum Gasteiger partial charge on any atom is -0.265 e. The summed E-state index contributed by atoms with van der Waals surface area (Å²) in [4.78, 5) is 3.78. The van der Waals surface area contributed by atoms with E-state index in [0.29, 0.717) is 0 Å². The lowest BCUT2D eigenvalue weighted by Crippen LogP contribution is -1.58. The Hall–Kier alpha value is -0.785. The normalized spacial score (nSPS) is 5.90. The monoisotopic (exact) mass is 135 g/mol. The highest BCUT2D eigenvalue weighted by molar-refractivity contribution is 6.05. The zero-order valence-electron chi connectivity index (χ0n) is 6.91. The maximum absolute atomic E-state index is 4.50. The molecule has 0 aliphatic rings. The van der Waals surface area contributed by atoms with Crippen molar-refractivity contribution in [3.8, 4) is 0 Å². The van der Waals surface area contributed by atoms with Gasteiger partial charge in [0.25, 0.3) is 0 Å². The van der Waals surface area contributed by atoms with E-state index in [4.69, 9.17) is 0 Å². The van der Waals surface area contributed by atoms with Crippen molar-refractivity contribution < 1.29 is 0 Å². The molecule has 0 unspecified atom stereocenters. The third-order valence-electron chi connectivity index (χ3n) is 0.566. The van der Waals surface area contributed by atoms with Gasteiger partial charge in [-0.1, -0.05) is 26.7 Å². The molecule has 2 radical (unpaired) electrons. The molecule has 0 bridgehead atoms. The van der Waals surface area contributed by atoms with Crippen LogP contribution < -0.4 is 0 Å². The first-order valence-corrected chi connectivity index (χ1v) is 3.43. The van der Waals surface area contributed by atoms with Gasteiger partial charge in [-0.05, 0) is 12.1 Å². The maximum Gasteiger partial charge on any atom is 0.0606 e. The van der Waals surface area contributed by atoms with Gasteiger partial charge < -0.3 is 0 Å². The fraction of sp³-hybridized carbons (Fsp3) is 0.375. The SMILES string of the molecule is CC.[B]C.c1ccncc1. The molecule has 1 rings (SSSR count). The number of hydrogen-bond donors (Lipinski definition) is 0. The molecular formula is C8H14BN. The maximum atomic E-state index is 4.50. The summed E-state index contributed by atoms with van der Waals surface area (Å²) < 4.78 is 0. The van der Waals surface area contributed by atoms with Crippen molar-refractivity contribution in [1.29, 1.82) is 0 Å². The smallest absolute Gasteiger partial charge is 0.0606 e. The van der Waals surface area contributed by atoms with Crippen LogP contribution in [0.1, 0.15) is 13.8 Å². The molecule has 0 atom stereocenters. The largest absolute Gasteiger partial charge is 0.265 e. The number of aromatic nitrogens is 1. The third kappa shape index (κ3) is 10.2. The number of pyridine rings is 1. The number of rotatable bonds is 0. The molecule has 0 aliphatic heterocycles. The lowest BCUT2D eigenvalue weighted by molar-refractivity contribution is 1.33. The molecule has 10 heavy (non-hydrogen) atoms. The highest BCUT2D eigenvalue weighted by atomic mass is 14.6. The minimum atomic E-state index is 1.50. The van der Waals surface area contributed by atoms with Gasteiger partial charge in [0.1, 0.15) is 0 Å². The average molecular weight is 135 g/mol. The summed E-state index contributed by atoms with van der Waals surface area (Å²) in [6, 6.07) is 5.72. The summed E-state index contributed by atoms with van der Waals surface area (Å²) in [5, 5.41) is 0. The number of hydrogen-bond acceptors (Lipinski definition) is 1. The van der Waals surface area contributed by atoms with Crippen LogP contribution in [0.15, 0.2) is 30.6 Å². The molecule has 1 aromatic heterocycles. The van der Waals surface area contributed by atoms with Crippen LogP contribution >= 0.6 is 0 Å². The zero-order valence-corrected chi connectivity index (χ0v) is 6.91. The van der Waals surface area contributed by atoms with Crippen LogP contribution in [-0.4, -0.2) is 12.8 Å². The molecule has 0 saturated carbocycles. The van der Waals surface area contributed by atoms with E-state index < -0.39 is 0 Å². The van der Waals surface area contributed by atoms with E-state index in [1.807, 2.05) is 32.0 Å². The second-order valence-corrected chi connectivity index (χ2v) is 1.02. The molecule has 0 amide bonds. The highest BCUT2D eigenvalue weighted by Crippen LogP contribution is 1.73. The van der Waals surface area contributed by atoms with Crippen LogP contribution in [-0.2, 0) is 0 Å². The molecule has 2 heteroatoms. The first kappa shape index (κ1) is 11.9. The predicted octanol–water partition coefficient (Wildman–Crippen LogP) is 2.31. The van der Waals surface area contributed by atoms with E-state index in [9.17, 15) is 0 Å². The van der Waals surface area contributed by atoms with Gasteiger partial charge in [0.05, 0.1) is 7.85 Å². The van der Waals surface area contributed by atoms with Gasteiger partial charge in [-0.2, -0.15) is 0 Å². The summed E-state index contributed by atoms with van der Waals surface area (Å²) in [7, 11) is 4.50. The quantitative estimate of drug-likeness (QED) is 0.497. The number of nitrogens with zero attached hydrogens (tertiary/aromatic N) is 1. The molecule has 0 saturated heterocycles. The van der Waals surface area contributed by atoms with Gasteiger partial charge in [0.2, 0.25) is 0 Å². The zero-order chi connectivity index (χ0) is 8.24. The fourth-order valence-corrected chi connectivity index (χ4v) is 0.313. The molecule has 0 aromatic carbocycles. The Bertz CT molecular complexity index is 81.2. The molecule has 54 valence electrons. The van der Waals surface area contributed by atoms with E-state index in [-0.39, 0.29) is 0 Å². The van der Waals surface area contributed by atoms with Crippen molar-refractivity contribution in [2.45, 2.75) is 20.7 Å². The van der Waals surface area contributed by atoms with Gasteiger partial charge in [-0.25, -0.2) is 0 Å². The predicted molar refractivity (Wildman–Crippen MR) is 47.2 cm³/mol. The Morgan fingerprint density at radius 1 is 0.900 bits per heavy atom. The van der Waals surface area contributed by atoms with Crippen LogP contribution in [0, 0.1) is 0 Å². The van der Waals surface area contributed by atoms with Crippen LogP contribution in [0.2, 0.25) is 6.82 Å². The molecule has 0 aliphatic carbocycles. The standard InChI is InChI=1S/C5H5N.C2H6.CH3B/c1-2-4-6-5-3-1;2*1-2/h1-5H;1-2H3;1H3. The minimum absolute atomic E-state index is 1.50. The Kier molecular flexibility index (Phi) is 18.8. The van der Waals surface area contributed by atoms with E-state index >= 15 is 0 Å². The molecule has 0 fully saturated rings. The van der Waals surface area contributed by atoms with Gasteiger partial charge in [-0.15, -0.1) is 0 Å². The Morgan fingerprint density at radius 3 is 1.40 bits per heavy atom. The Balaban J connectivity index is 0. The van der Waals surface area contributed by atoms with Crippen LogP contribution in [0.3, 0.4) is 0 Å². The fourth-order valence-electron chi connectivity index (χ4n) is 0.313. The average Bonchev–Trinajstić information content (AvgIpc) is 2.14. The molecule has 1 heterocycles. The molecule has 1 aromatic rings. The molecule has 0 N–H and O–H groups in total. The van der Waals surface area contributed by atoms with E-state index in [2.05, 4.69) is 12.8 Å². The topological polar surface area (TPSA) is 12.9 Å². The van der Waals surface area contributed by atoms with Gasteiger partial charge in [0, 0.05) is 12.4 Å². The summed E-state index contributed by atoms with van der Waals surface area (Å²) >= 11 is 0. The van der Waals surface area contributed by atoms with Crippen molar-refractivity contribution in [2.75, 3.05) is 0 Å². The second-order valence-electron chi connectivity index (χ2n) is 1.02. The lowest BCUT2D eigenvalue weighted by atomic mass is 10.2. The summed E-state index contributed by atoms with van der Waals surface area (Å²) in [5.74, 6) is 0. The first-order valence-electron chi connectivity index (χ1n) is 3.43. The van der Waals surface area contributed by atoms with E-state index in [0.717, 1.165) is 0 Å². The summed E-state index contributed by atoms with van der Waals surface area (Å²) in [6.45, 7) is 5.50. The van der Waals surface area contributed by atoms with Crippen molar-refractivity contribution in [3.05, 3.63) is 30.6 Å². The van der Waals surface area contributed by atoms with Crippen molar-refractivity contribution >= 4 is 7.85 Å². The Morgan fingerprint density at radius 2 is 1.30 bits per heavy atom. The summed E-state index contributed by atoms with van der Waals surface area (Å²) in [6.07, 6.45) is 3.50.